The second-order valence-electron chi connectivity index (χ2n) is 8.31. The van der Waals surface area contributed by atoms with Crippen LogP contribution < -0.4 is 21.0 Å². The SMILES string of the molecule is NCc1cccc(C[n+]2cc([N-]C(=O)Nc3cc(NC(=O)Cc4ccccc4)cc(C(F)(F)F)c3)on2)c1. The Bertz CT molecular complexity index is 1420. The van der Waals surface area contributed by atoms with Gasteiger partial charge < -0.3 is 26.2 Å². The van der Waals surface area contributed by atoms with Gasteiger partial charge in [-0.2, -0.15) is 13.2 Å². The van der Waals surface area contributed by atoms with E-state index in [9.17, 15) is 22.8 Å². The number of benzene rings is 3. The molecular formula is C26H23F3N6O3. The summed E-state index contributed by atoms with van der Waals surface area (Å²) in [5.74, 6) is -0.665. The summed E-state index contributed by atoms with van der Waals surface area (Å²) in [6.45, 7) is 0.709. The van der Waals surface area contributed by atoms with Crippen molar-refractivity contribution in [1.29, 1.82) is 0 Å². The second-order valence-corrected chi connectivity index (χ2v) is 8.31. The third-order valence-corrected chi connectivity index (χ3v) is 5.28. The zero-order chi connectivity index (χ0) is 27.1. The summed E-state index contributed by atoms with van der Waals surface area (Å²) in [4.78, 5) is 24.8. The van der Waals surface area contributed by atoms with Crippen LogP contribution >= 0.6 is 0 Å². The Morgan fingerprint density at radius 2 is 1.61 bits per heavy atom. The molecule has 3 amide bonds. The Hall–Kier alpha value is -4.71. The van der Waals surface area contributed by atoms with E-state index in [2.05, 4.69) is 21.2 Å². The lowest BCUT2D eigenvalue weighted by molar-refractivity contribution is -0.754. The molecular weight excluding hydrogens is 501 g/mol. The lowest BCUT2D eigenvalue weighted by Gasteiger charge is -2.18. The number of hydrogen-bond donors (Lipinski definition) is 3. The number of nitrogens with two attached hydrogens (primary N) is 1. The van der Waals surface area contributed by atoms with Crippen LogP contribution in [0, 0.1) is 0 Å². The van der Waals surface area contributed by atoms with E-state index in [1.165, 1.54) is 16.9 Å². The first kappa shape index (κ1) is 26.4. The van der Waals surface area contributed by atoms with Crippen LogP contribution in [-0.4, -0.2) is 17.2 Å². The first-order chi connectivity index (χ1) is 18.2. The Kier molecular flexibility index (Phi) is 8.02. The van der Waals surface area contributed by atoms with Crippen molar-refractivity contribution in [3.63, 3.8) is 0 Å². The molecule has 1 heterocycles. The summed E-state index contributed by atoms with van der Waals surface area (Å²) < 4.78 is 46.8. The summed E-state index contributed by atoms with van der Waals surface area (Å²) >= 11 is 0. The average molecular weight is 525 g/mol. The Labute approximate surface area is 215 Å². The molecule has 0 bridgehead atoms. The lowest BCUT2D eigenvalue weighted by atomic mass is 10.1. The smallest absolute Gasteiger partial charge is 0.416 e. The molecule has 4 rings (SSSR count). The summed E-state index contributed by atoms with van der Waals surface area (Å²) in [6, 6.07) is 18.0. The number of hydrogen-bond acceptors (Lipinski definition) is 5. The number of anilines is 2. The van der Waals surface area contributed by atoms with Crippen molar-refractivity contribution in [1.82, 2.24) is 5.27 Å². The molecule has 0 aliphatic carbocycles. The summed E-state index contributed by atoms with van der Waals surface area (Å²) in [5, 5.41) is 12.2. The molecule has 0 fully saturated rings. The number of nitrogens with one attached hydrogen (secondary N) is 2. The highest BCUT2D eigenvalue weighted by Crippen LogP contribution is 2.34. The van der Waals surface area contributed by atoms with E-state index in [0.29, 0.717) is 18.7 Å². The first-order valence-electron chi connectivity index (χ1n) is 11.4. The fourth-order valence-corrected chi connectivity index (χ4v) is 3.61. The zero-order valence-corrected chi connectivity index (χ0v) is 19.9. The molecule has 4 aromatic rings. The van der Waals surface area contributed by atoms with Crippen molar-refractivity contribution < 1.29 is 32.0 Å². The number of aromatic nitrogens is 2. The molecule has 9 nitrogen and oxygen atoms in total. The number of rotatable bonds is 8. The summed E-state index contributed by atoms with van der Waals surface area (Å²) in [7, 11) is 0. The largest absolute Gasteiger partial charge is 0.424 e. The van der Waals surface area contributed by atoms with Crippen molar-refractivity contribution >= 4 is 29.2 Å². The third kappa shape index (κ3) is 7.40. The van der Waals surface area contributed by atoms with Gasteiger partial charge >= 0.3 is 6.18 Å². The van der Waals surface area contributed by atoms with Gasteiger partial charge in [-0.05, 0) is 45.8 Å². The maximum absolute atomic E-state index is 13.5. The molecule has 4 N–H and O–H groups in total. The molecule has 0 unspecified atom stereocenters. The quantitative estimate of drug-likeness (QED) is 0.282. The molecule has 38 heavy (non-hydrogen) atoms. The molecule has 1 aromatic heterocycles. The van der Waals surface area contributed by atoms with E-state index in [1.807, 2.05) is 24.3 Å². The monoisotopic (exact) mass is 524 g/mol. The number of alkyl halides is 3. The molecule has 12 heteroatoms. The van der Waals surface area contributed by atoms with E-state index in [4.69, 9.17) is 10.3 Å². The van der Waals surface area contributed by atoms with Crippen molar-refractivity contribution in [2.75, 3.05) is 10.6 Å². The fourth-order valence-electron chi connectivity index (χ4n) is 3.61. The highest BCUT2D eigenvalue weighted by Gasteiger charge is 2.31. The minimum Gasteiger partial charge on any atom is -0.424 e. The molecule has 3 aromatic carbocycles. The van der Waals surface area contributed by atoms with E-state index in [0.717, 1.165) is 23.3 Å². The molecule has 196 valence electrons. The highest BCUT2D eigenvalue weighted by atomic mass is 19.4. The maximum atomic E-state index is 13.5. The molecule has 0 saturated carbocycles. The van der Waals surface area contributed by atoms with Crippen LogP contribution in [0.1, 0.15) is 22.3 Å². The number of carbonyl (C=O) groups excluding carboxylic acids is 2. The van der Waals surface area contributed by atoms with Crippen molar-refractivity contribution in [2.45, 2.75) is 25.7 Å². The third-order valence-electron chi connectivity index (χ3n) is 5.28. The van der Waals surface area contributed by atoms with Gasteiger partial charge in [0, 0.05) is 17.8 Å². The topological polar surface area (TPSA) is 128 Å². The zero-order valence-electron chi connectivity index (χ0n) is 19.9. The van der Waals surface area contributed by atoms with Gasteiger partial charge in [0.15, 0.2) is 11.3 Å². The first-order valence-corrected chi connectivity index (χ1v) is 11.4. The van der Waals surface area contributed by atoms with Gasteiger partial charge in [0.25, 0.3) is 0 Å². The van der Waals surface area contributed by atoms with Gasteiger partial charge in [-0.3, -0.25) is 9.59 Å². The summed E-state index contributed by atoms with van der Waals surface area (Å²) in [6.07, 6.45) is -3.37. The Morgan fingerprint density at radius 3 is 2.32 bits per heavy atom. The van der Waals surface area contributed by atoms with Crippen molar-refractivity contribution in [3.8, 4) is 0 Å². The number of carbonyl (C=O) groups is 2. The van der Waals surface area contributed by atoms with Gasteiger partial charge in [-0.1, -0.05) is 48.5 Å². The van der Waals surface area contributed by atoms with E-state index in [-0.39, 0.29) is 23.7 Å². The Morgan fingerprint density at radius 1 is 0.921 bits per heavy atom. The predicted molar refractivity (Wildman–Crippen MR) is 132 cm³/mol. The second kappa shape index (κ2) is 11.6. The van der Waals surface area contributed by atoms with Crippen molar-refractivity contribution in [3.05, 3.63) is 107 Å². The van der Waals surface area contributed by atoms with Crippen molar-refractivity contribution in [2.24, 2.45) is 5.73 Å². The molecule has 0 aliphatic rings. The standard InChI is InChI=1S/C26H23F3N6O3/c27-26(28,29)20-11-21(31-23(36)10-17-5-2-1-3-6-17)13-22(12-20)32-25(37)33-24-16-35(34-38-24)15-19-8-4-7-18(9-19)14-30/h1-9,11-13,16H,10,14-15,30H2,(H2-,31,32,33,34,36,37). The minimum atomic E-state index is -4.71. The van der Waals surface area contributed by atoms with Gasteiger partial charge in [-0.25, -0.2) is 0 Å². The normalized spacial score (nSPS) is 11.2. The fraction of sp³-hybridized carbons (Fsp3) is 0.154. The molecule has 0 radical (unpaired) electrons. The molecule has 0 saturated heterocycles. The van der Waals surface area contributed by atoms with Crippen LogP contribution in [0.4, 0.5) is 35.2 Å². The highest BCUT2D eigenvalue weighted by molar-refractivity contribution is 6.04. The van der Waals surface area contributed by atoms with Crippen LogP contribution in [0.5, 0.6) is 0 Å². The summed E-state index contributed by atoms with van der Waals surface area (Å²) in [5.41, 5.74) is 6.78. The van der Waals surface area contributed by atoms with E-state index < -0.39 is 23.7 Å². The number of urea groups is 1. The molecule has 0 atom stereocenters. The van der Waals surface area contributed by atoms with Crippen LogP contribution in [0.3, 0.4) is 0 Å². The lowest BCUT2D eigenvalue weighted by Crippen LogP contribution is -2.35. The van der Waals surface area contributed by atoms with Crippen LogP contribution in [0.2, 0.25) is 0 Å². The van der Waals surface area contributed by atoms with Gasteiger partial charge in [0.05, 0.1) is 12.0 Å². The molecule has 0 aliphatic heterocycles. The number of halogens is 3. The number of amides is 3. The van der Waals surface area contributed by atoms with Crippen LogP contribution in [0.15, 0.2) is 83.5 Å². The predicted octanol–water partition coefficient (Wildman–Crippen LogP) is 4.91. The van der Waals surface area contributed by atoms with Gasteiger partial charge in [0.1, 0.15) is 0 Å². The Balaban J connectivity index is 1.42. The minimum absolute atomic E-state index is 0.0316. The van der Waals surface area contributed by atoms with Crippen LogP contribution in [0.25, 0.3) is 5.32 Å². The van der Waals surface area contributed by atoms with E-state index in [1.54, 1.807) is 30.3 Å². The number of nitrogens with zero attached hydrogens (tertiary/aromatic N) is 3. The van der Waals surface area contributed by atoms with E-state index >= 15 is 0 Å². The maximum Gasteiger partial charge on any atom is 0.416 e. The average Bonchev–Trinajstić information content (AvgIpc) is 3.30. The van der Waals surface area contributed by atoms with Crippen LogP contribution in [-0.2, 0) is 30.5 Å². The molecule has 0 spiro atoms. The van der Waals surface area contributed by atoms with Gasteiger partial charge in [-0.15, -0.1) is 0 Å². The van der Waals surface area contributed by atoms with Gasteiger partial charge in [0.2, 0.25) is 24.5 Å².